The maximum absolute atomic E-state index is 5.21. The van der Waals surface area contributed by atoms with Crippen LogP contribution in [0.25, 0.3) is 0 Å². The summed E-state index contributed by atoms with van der Waals surface area (Å²) in [6.45, 7) is 0. The van der Waals surface area contributed by atoms with E-state index >= 15 is 0 Å². The summed E-state index contributed by atoms with van der Waals surface area (Å²) in [5.74, 6) is 1.94. The number of hydrogen-bond acceptors (Lipinski definition) is 1. The lowest BCUT2D eigenvalue weighted by Gasteiger charge is -2.09. The Labute approximate surface area is 100.0 Å². The monoisotopic (exact) mass is 268 g/mol. The van der Waals surface area contributed by atoms with Gasteiger partial charge in [-0.15, -0.1) is 0 Å². The highest BCUT2D eigenvalue weighted by atomic mass is 79.9. The fourth-order valence-electron chi connectivity index (χ4n) is 1.85. The maximum atomic E-state index is 5.21. The molecule has 1 aromatic rings. The molecule has 0 aliphatic heterocycles. The van der Waals surface area contributed by atoms with Gasteiger partial charge in [0.25, 0.3) is 0 Å². The first kappa shape index (κ1) is 11.0. The average Bonchev–Trinajstić information content (AvgIpc) is 3.02. The van der Waals surface area contributed by atoms with Gasteiger partial charge in [0.05, 0.1) is 7.11 Å². The normalized spacial score (nSPS) is 17.5. The lowest BCUT2D eigenvalue weighted by Crippen LogP contribution is -2.03. The average molecular weight is 269 g/mol. The van der Waals surface area contributed by atoms with Gasteiger partial charge >= 0.3 is 0 Å². The molecule has 0 amide bonds. The molecule has 1 aliphatic carbocycles. The zero-order valence-corrected chi connectivity index (χ0v) is 10.7. The van der Waals surface area contributed by atoms with Crippen molar-refractivity contribution in [3.63, 3.8) is 0 Å². The first-order valence-corrected chi connectivity index (χ1v) is 6.46. The molecule has 0 heterocycles. The number of alkyl halides is 1. The number of hydrogen-bond donors (Lipinski definition) is 0. The molecule has 82 valence electrons. The number of methoxy groups -OCH3 is 1. The summed E-state index contributed by atoms with van der Waals surface area (Å²) in [6.07, 6.45) is 5.28. The number of rotatable bonds is 5. The van der Waals surface area contributed by atoms with E-state index in [-0.39, 0.29) is 0 Å². The molecule has 1 aliphatic rings. The molecule has 1 nitrogen and oxygen atoms in total. The maximum Gasteiger partial charge on any atom is 0.119 e. The topological polar surface area (TPSA) is 9.23 Å². The molecule has 15 heavy (non-hydrogen) atoms. The molecule has 2 rings (SSSR count). The molecule has 1 aromatic carbocycles. The Kier molecular flexibility index (Phi) is 3.68. The smallest absolute Gasteiger partial charge is 0.119 e. The molecular formula is C13H17BrO. The van der Waals surface area contributed by atoms with Crippen molar-refractivity contribution in [2.75, 3.05) is 7.11 Å². The molecule has 1 fully saturated rings. The second kappa shape index (κ2) is 5.02. The minimum Gasteiger partial charge on any atom is -0.497 e. The summed E-state index contributed by atoms with van der Waals surface area (Å²) in [6, 6.07) is 8.35. The molecule has 1 saturated carbocycles. The summed E-state index contributed by atoms with van der Waals surface area (Å²) in [5.41, 5.74) is 1.36. The van der Waals surface area contributed by atoms with Crippen LogP contribution in [0.3, 0.4) is 0 Å². The Morgan fingerprint density at radius 2 is 2.27 bits per heavy atom. The van der Waals surface area contributed by atoms with E-state index in [4.69, 9.17) is 4.74 Å². The Balaban J connectivity index is 1.90. The second-order valence-corrected chi connectivity index (χ2v) is 5.63. The summed E-state index contributed by atoms with van der Waals surface area (Å²) >= 11 is 3.76. The molecule has 0 saturated heterocycles. The van der Waals surface area contributed by atoms with Crippen LogP contribution in [-0.2, 0) is 6.42 Å². The van der Waals surface area contributed by atoms with Gasteiger partial charge < -0.3 is 4.74 Å². The number of benzene rings is 1. The van der Waals surface area contributed by atoms with Gasteiger partial charge in [-0.2, -0.15) is 0 Å². The SMILES string of the molecule is COc1cccc(CC(Br)CC2CC2)c1. The first-order chi connectivity index (χ1) is 7.28. The third-order valence-corrected chi connectivity index (χ3v) is 3.57. The molecule has 0 N–H and O–H groups in total. The van der Waals surface area contributed by atoms with Gasteiger partial charge in [-0.05, 0) is 36.5 Å². The van der Waals surface area contributed by atoms with E-state index in [1.165, 1.54) is 24.8 Å². The summed E-state index contributed by atoms with van der Waals surface area (Å²) < 4.78 is 5.21. The van der Waals surface area contributed by atoms with Crippen LogP contribution in [-0.4, -0.2) is 11.9 Å². The standard InChI is InChI=1S/C13H17BrO/c1-15-13-4-2-3-11(9-13)8-12(14)7-10-5-6-10/h2-4,9-10,12H,5-8H2,1H3. The van der Waals surface area contributed by atoms with Gasteiger partial charge in [-0.1, -0.05) is 40.9 Å². The van der Waals surface area contributed by atoms with E-state index in [1.807, 2.05) is 6.07 Å². The fraction of sp³-hybridized carbons (Fsp3) is 0.538. The van der Waals surface area contributed by atoms with Crippen molar-refractivity contribution >= 4 is 15.9 Å². The fourth-order valence-corrected chi connectivity index (χ4v) is 2.76. The zero-order valence-electron chi connectivity index (χ0n) is 9.08. The van der Waals surface area contributed by atoms with E-state index < -0.39 is 0 Å². The highest BCUT2D eigenvalue weighted by Crippen LogP contribution is 2.36. The van der Waals surface area contributed by atoms with Crippen molar-refractivity contribution in [1.82, 2.24) is 0 Å². The molecule has 1 unspecified atom stereocenters. The molecule has 0 spiro atoms. The van der Waals surface area contributed by atoms with Crippen LogP contribution in [0.4, 0.5) is 0 Å². The predicted molar refractivity (Wildman–Crippen MR) is 66.8 cm³/mol. The predicted octanol–water partition coefficient (Wildman–Crippen LogP) is 3.80. The molecule has 0 radical (unpaired) electrons. The Morgan fingerprint density at radius 3 is 2.93 bits per heavy atom. The zero-order chi connectivity index (χ0) is 10.7. The van der Waals surface area contributed by atoms with Crippen molar-refractivity contribution in [2.24, 2.45) is 5.92 Å². The van der Waals surface area contributed by atoms with Gasteiger partial charge in [0.15, 0.2) is 0 Å². The second-order valence-electron chi connectivity index (χ2n) is 4.33. The van der Waals surface area contributed by atoms with E-state index in [2.05, 4.69) is 34.1 Å². The van der Waals surface area contributed by atoms with Gasteiger partial charge in [-0.3, -0.25) is 0 Å². The molecule has 2 heteroatoms. The van der Waals surface area contributed by atoms with E-state index in [0.717, 1.165) is 18.1 Å². The first-order valence-electron chi connectivity index (χ1n) is 5.55. The van der Waals surface area contributed by atoms with E-state index in [9.17, 15) is 0 Å². The summed E-state index contributed by atoms with van der Waals surface area (Å²) in [4.78, 5) is 0.622. The number of ether oxygens (including phenoxy) is 1. The Bertz CT molecular complexity index is 320. The largest absolute Gasteiger partial charge is 0.497 e. The van der Waals surface area contributed by atoms with Crippen molar-refractivity contribution in [3.8, 4) is 5.75 Å². The van der Waals surface area contributed by atoms with Crippen LogP contribution in [0, 0.1) is 5.92 Å². The van der Waals surface area contributed by atoms with Gasteiger partial charge in [0, 0.05) is 4.83 Å². The van der Waals surface area contributed by atoms with E-state index in [1.54, 1.807) is 7.11 Å². The quantitative estimate of drug-likeness (QED) is 0.739. The van der Waals surface area contributed by atoms with Crippen LogP contribution in [0.1, 0.15) is 24.8 Å². The lowest BCUT2D eigenvalue weighted by molar-refractivity contribution is 0.414. The third-order valence-electron chi connectivity index (χ3n) is 2.88. The summed E-state index contributed by atoms with van der Waals surface area (Å²) in [7, 11) is 1.72. The van der Waals surface area contributed by atoms with Crippen LogP contribution in [0.15, 0.2) is 24.3 Å². The molecule has 0 aromatic heterocycles. The van der Waals surface area contributed by atoms with Crippen molar-refractivity contribution in [2.45, 2.75) is 30.5 Å². The van der Waals surface area contributed by atoms with Crippen molar-refractivity contribution in [3.05, 3.63) is 29.8 Å². The van der Waals surface area contributed by atoms with Crippen LogP contribution in [0.2, 0.25) is 0 Å². The van der Waals surface area contributed by atoms with Crippen LogP contribution >= 0.6 is 15.9 Å². The third kappa shape index (κ3) is 3.53. The van der Waals surface area contributed by atoms with Crippen LogP contribution < -0.4 is 4.74 Å². The number of halogens is 1. The van der Waals surface area contributed by atoms with E-state index in [0.29, 0.717) is 4.83 Å². The minimum absolute atomic E-state index is 0.622. The van der Waals surface area contributed by atoms with Crippen molar-refractivity contribution < 1.29 is 4.74 Å². The molecule has 0 bridgehead atoms. The summed E-state index contributed by atoms with van der Waals surface area (Å²) in [5, 5.41) is 0. The Morgan fingerprint density at radius 1 is 1.47 bits per heavy atom. The van der Waals surface area contributed by atoms with Gasteiger partial charge in [0.1, 0.15) is 5.75 Å². The molecular weight excluding hydrogens is 252 g/mol. The highest BCUT2D eigenvalue weighted by molar-refractivity contribution is 9.09. The van der Waals surface area contributed by atoms with Crippen LogP contribution in [0.5, 0.6) is 5.75 Å². The lowest BCUT2D eigenvalue weighted by atomic mass is 10.1. The molecule has 1 atom stereocenters. The minimum atomic E-state index is 0.622. The Hall–Kier alpha value is -0.500. The highest BCUT2D eigenvalue weighted by Gasteiger charge is 2.24. The van der Waals surface area contributed by atoms with Gasteiger partial charge in [0.2, 0.25) is 0 Å². The van der Waals surface area contributed by atoms with Gasteiger partial charge in [-0.25, -0.2) is 0 Å². The van der Waals surface area contributed by atoms with Crippen molar-refractivity contribution in [1.29, 1.82) is 0 Å².